The Morgan fingerprint density at radius 3 is 2.69 bits per heavy atom. The van der Waals surface area contributed by atoms with E-state index < -0.39 is 35.7 Å². The zero-order valence-electron chi connectivity index (χ0n) is 20.0. The van der Waals surface area contributed by atoms with Crippen LogP contribution in [0.2, 0.25) is 0 Å². The molecule has 0 bridgehead atoms. The van der Waals surface area contributed by atoms with Gasteiger partial charge in [0.2, 0.25) is 0 Å². The Morgan fingerprint density at radius 2 is 1.89 bits per heavy atom. The first kappa shape index (κ1) is 23.5. The van der Waals surface area contributed by atoms with Crippen molar-refractivity contribution in [3.05, 3.63) is 88.5 Å². The van der Waals surface area contributed by atoms with Gasteiger partial charge in [0.25, 0.3) is 5.91 Å². The molecule has 0 saturated carbocycles. The van der Waals surface area contributed by atoms with Gasteiger partial charge in [-0.25, -0.2) is 8.78 Å². The zero-order valence-corrected chi connectivity index (χ0v) is 20.8. The van der Waals surface area contributed by atoms with Gasteiger partial charge in [-0.2, -0.15) is 5.01 Å². The molecule has 4 heterocycles. The van der Waals surface area contributed by atoms with E-state index in [1.54, 1.807) is 22.2 Å². The number of thioether (sulfide) groups is 1. The quantitative estimate of drug-likeness (QED) is 0.572. The fourth-order valence-electron chi connectivity index (χ4n) is 5.76. The fraction of sp³-hybridized carbons (Fsp3) is 0.370. The van der Waals surface area contributed by atoms with Gasteiger partial charge in [0.1, 0.15) is 12.3 Å². The highest BCUT2D eigenvalue weighted by atomic mass is 32.2. The number of amides is 1. The van der Waals surface area contributed by atoms with Gasteiger partial charge in [0.15, 0.2) is 23.1 Å². The Morgan fingerprint density at radius 1 is 1.11 bits per heavy atom. The van der Waals surface area contributed by atoms with Crippen LogP contribution in [-0.2, 0) is 10.5 Å². The SMILES string of the molecule is CC1(C)CCN2C(=O)C3=C(O)C(O)C=CN3N([C@@H]3c4ccccc4SCc4c3ccc(F)c4F)[C@@H]2C1. The lowest BCUT2D eigenvalue weighted by molar-refractivity contribution is -0.180. The van der Waals surface area contributed by atoms with Crippen molar-refractivity contribution in [3.8, 4) is 0 Å². The maximum absolute atomic E-state index is 15.2. The Kier molecular flexibility index (Phi) is 5.44. The zero-order chi connectivity index (χ0) is 25.4. The average Bonchev–Trinajstić information content (AvgIpc) is 3.01. The summed E-state index contributed by atoms with van der Waals surface area (Å²) in [6.45, 7) is 4.79. The largest absolute Gasteiger partial charge is 0.507 e. The summed E-state index contributed by atoms with van der Waals surface area (Å²) in [5.74, 6) is -2.27. The first-order valence-corrected chi connectivity index (χ1v) is 13.0. The molecule has 0 spiro atoms. The number of aliphatic hydroxyl groups is 2. The molecule has 0 aliphatic carbocycles. The van der Waals surface area contributed by atoms with E-state index in [1.165, 1.54) is 17.8 Å². The number of nitrogens with zero attached hydrogens (tertiary/aromatic N) is 3. The van der Waals surface area contributed by atoms with Crippen LogP contribution in [0.1, 0.15) is 49.4 Å². The number of halogens is 2. The topological polar surface area (TPSA) is 67.2 Å². The third-order valence-corrected chi connectivity index (χ3v) is 8.80. The summed E-state index contributed by atoms with van der Waals surface area (Å²) in [6.07, 6.45) is 2.74. The van der Waals surface area contributed by atoms with Crippen molar-refractivity contribution in [2.45, 2.75) is 55.6 Å². The number of hydrazine groups is 1. The highest BCUT2D eigenvalue weighted by Gasteiger charge is 2.52. The molecule has 4 aliphatic heterocycles. The summed E-state index contributed by atoms with van der Waals surface area (Å²) in [7, 11) is 0. The Hall–Kier alpha value is -2.88. The number of piperidine rings is 1. The summed E-state index contributed by atoms with van der Waals surface area (Å²) in [4.78, 5) is 16.3. The lowest BCUT2D eigenvalue weighted by Gasteiger charge is -2.57. The predicted molar refractivity (Wildman–Crippen MR) is 131 cm³/mol. The Bertz CT molecular complexity index is 1330. The van der Waals surface area contributed by atoms with Crippen LogP contribution in [0.4, 0.5) is 8.78 Å². The first-order chi connectivity index (χ1) is 17.2. The van der Waals surface area contributed by atoms with E-state index in [0.29, 0.717) is 18.5 Å². The highest BCUT2D eigenvalue weighted by molar-refractivity contribution is 7.98. The van der Waals surface area contributed by atoms with Gasteiger partial charge in [-0.1, -0.05) is 38.1 Å². The second-order valence-corrected chi connectivity index (χ2v) is 11.5. The van der Waals surface area contributed by atoms with Crippen LogP contribution < -0.4 is 0 Å². The lowest BCUT2D eigenvalue weighted by Crippen LogP contribution is -2.67. The second-order valence-electron chi connectivity index (χ2n) is 10.5. The number of hydrogen-bond donors (Lipinski definition) is 2. The minimum absolute atomic E-state index is 0.0144. The van der Waals surface area contributed by atoms with Crippen molar-refractivity contribution in [2.75, 3.05) is 6.54 Å². The number of carbonyl (C=O) groups excluding carboxylic acids is 1. The summed E-state index contributed by atoms with van der Waals surface area (Å²) in [5, 5.41) is 24.8. The fourth-order valence-corrected chi connectivity index (χ4v) is 6.88. The number of aliphatic hydroxyl groups excluding tert-OH is 2. The molecule has 1 amide bonds. The minimum Gasteiger partial charge on any atom is -0.507 e. The number of hydrogen-bond acceptors (Lipinski definition) is 6. The summed E-state index contributed by atoms with van der Waals surface area (Å²) in [5.41, 5.74) is 1.72. The summed E-state index contributed by atoms with van der Waals surface area (Å²) in [6, 6.07) is 9.99. The molecule has 2 N–H and O–H groups in total. The van der Waals surface area contributed by atoms with Gasteiger partial charge < -0.3 is 15.1 Å². The molecule has 188 valence electrons. The van der Waals surface area contributed by atoms with E-state index in [-0.39, 0.29) is 28.3 Å². The van der Waals surface area contributed by atoms with Crippen molar-refractivity contribution in [1.29, 1.82) is 0 Å². The molecule has 2 aromatic carbocycles. The van der Waals surface area contributed by atoms with Gasteiger partial charge in [0.05, 0.1) is 6.04 Å². The van der Waals surface area contributed by atoms with Crippen LogP contribution in [0.25, 0.3) is 0 Å². The molecule has 4 aliphatic rings. The van der Waals surface area contributed by atoms with E-state index in [0.717, 1.165) is 22.9 Å². The van der Waals surface area contributed by atoms with Gasteiger partial charge in [-0.15, -0.1) is 11.8 Å². The normalized spacial score (nSPS) is 27.2. The van der Waals surface area contributed by atoms with Crippen LogP contribution >= 0.6 is 11.8 Å². The molecule has 2 fully saturated rings. The third-order valence-electron chi connectivity index (χ3n) is 7.68. The van der Waals surface area contributed by atoms with Crippen LogP contribution in [0, 0.1) is 17.0 Å². The molecule has 0 radical (unpaired) electrons. The number of rotatable bonds is 1. The van der Waals surface area contributed by atoms with Crippen LogP contribution in [0.15, 0.2) is 65.0 Å². The van der Waals surface area contributed by atoms with Gasteiger partial charge in [-0.3, -0.25) is 9.80 Å². The average molecular weight is 512 g/mol. The number of fused-ring (bicyclic) bond motifs is 4. The van der Waals surface area contributed by atoms with Crippen LogP contribution in [-0.4, -0.2) is 49.9 Å². The van der Waals surface area contributed by atoms with E-state index in [9.17, 15) is 19.4 Å². The van der Waals surface area contributed by atoms with Crippen molar-refractivity contribution in [1.82, 2.24) is 14.9 Å². The molecule has 1 unspecified atom stereocenters. The standard InChI is InChI=1S/C27H27F2N3O3S/c1-27(2)10-12-30-21(13-27)32(31-11-9-19(33)25(34)24(31)26(30)35)23-15-7-8-18(28)22(29)17(15)14-36-20-6-4-3-5-16(20)23/h3-9,11,19,21,23,33-34H,10,12-14H2,1-2H3/t19?,21-,23+/m1/s1. The third kappa shape index (κ3) is 3.48. The van der Waals surface area contributed by atoms with Gasteiger partial charge in [0, 0.05) is 29.0 Å². The number of carbonyl (C=O) groups is 1. The minimum atomic E-state index is -1.30. The molecule has 6 rings (SSSR count). The van der Waals surface area contributed by atoms with E-state index in [1.807, 2.05) is 29.3 Å². The monoisotopic (exact) mass is 511 g/mol. The molecule has 2 saturated heterocycles. The highest BCUT2D eigenvalue weighted by Crippen LogP contribution is 2.50. The van der Waals surface area contributed by atoms with Crippen molar-refractivity contribution in [3.63, 3.8) is 0 Å². The smallest absolute Gasteiger partial charge is 0.276 e. The summed E-state index contributed by atoms with van der Waals surface area (Å²) >= 11 is 1.45. The van der Waals surface area contributed by atoms with Gasteiger partial charge in [-0.05, 0) is 47.6 Å². The molecular formula is C27H27F2N3O3S. The van der Waals surface area contributed by atoms with E-state index in [4.69, 9.17) is 0 Å². The molecule has 36 heavy (non-hydrogen) atoms. The van der Waals surface area contributed by atoms with E-state index in [2.05, 4.69) is 13.8 Å². The van der Waals surface area contributed by atoms with Gasteiger partial charge >= 0.3 is 0 Å². The maximum Gasteiger partial charge on any atom is 0.276 e. The van der Waals surface area contributed by atoms with Crippen molar-refractivity contribution in [2.24, 2.45) is 5.41 Å². The molecule has 6 nitrogen and oxygen atoms in total. The number of benzene rings is 2. The maximum atomic E-state index is 15.2. The van der Waals surface area contributed by atoms with Crippen molar-refractivity contribution >= 4 is 17.7 Å². The Balaban J connectivity index is 1.62. The second kappa shape index (κ2) is 8.33. The molecule has 9 heteroatoms. The van der Waals surface area contributed by atoms with Crippen LogP contribution in [0.5, 0.6) is 0 Å². The molecule has 0 aromatic heterocycles. The summed E-state index contributed by atoms with van der Waals surface area (Å²) < 4.78 is 29.6. The first-order valence-electron chi connectivity index (χ1n) is 12.0. The Labute approximate surface area is 212 Å². The molecular weight excluding hydrogens is 484 g/mol. The predicted octanol–water partition coefficient (Wildman–Crippen LogP) is 4.83. The van der Waals surface area contributed by atoms with E-state index >= 15 is 4.39 Å². The van der Waals surface area contributed by atoms with Crippen LogP contribution in [0.3, 0.4) is 0 Å². The molecule has 3 atom stereocenters. The molecule has 2 aromatic rings. The van der Waals surface area contributed by atoms with Crippen molar-refractivity contribution < 1.29 is 23.8 Å². The lowest BCUT2D eigenvalue weighted by atomic mass is 9.79.